The van der Waals surface area contributed by atoms with Crippen molar-refractivity contribution in [3.63, 3.8) is 0 Å². The van der Waals surface area contributed by atoms with E-state index in [-0.39, 0.29) is 11.7 Å². The number of carbonyl (C=O) groups is 1. The Labute approximate surface area is 60.6 Å². The fraction of sp³-hybridized carbons (Fsp3) is 0.875. The third-order valence-electron chi connectivity index (χ3n) is 2.13. The monoisotopic (exact) mass is 144 g/mol. The number of hydrogen-bond donors (Lipinski definition) is 0. The summed E-state index contributed by atoms with van der Waals surface area (Å²) in [4.78, 5) is 10.8. The van der Waals surface area contributed by atoms with Gasteiger partial charge in [0.05, 0.1) is 0 Å². The Morgan fingerprint density at radius 3 is 2.60 bits per heavy atom. The van der Waals surface area contributed by atoms with Crippen LogP contribution in [0.3, 0.4) is 0 Å². The Morgan fingerprint density at radius 1 is 1.50 bits per heavy atom. The molecule has 58 valence electrons. The normalized spacial score (nSPS) is 41.9. The molecule has 0 aromatic heterocycles. The average molecular weight is 144 g/mol. The van der Waals surface area contributed by atoms with Crippen LogP contribution >= 0.6 is 0 Å². The van der Waals surface area contributed by atoms with E-state index in [4.69, 9.17) is 0 Å². The highest BCUT2D eigenvalue weighted by molar-refractivity contribution is 5.84. The van der Waals surface area contributed by atoms with E-state index in [9.17, 15) is 9.18 Å². The zero-order valence-electron chi connectivity index (χ0n) is 6.43. The van der Waals surface area contributed by atoms with Crippen LogP contribution in [0.15, 0.2) is 0 Å². The first-order valence-corrected chi connectivity index (χ1v) is 3.78. The van der Waals surface area contributed by atoms with Crippen LogP contribution < -0.4 is 0 Å². The van der Waals surface area contributed by atoms with Gasteiger partial charge in [0.25, 0.3) is 0 Å². The molecular formula is C8H13FO. The van der Waals surface area contributed by atoms with E-state index in [1.807, 2.05) is 6.92 Å². The lowest BCUT2D eigenvalue weighted by Gasteiger charge is -2.25. The van der Waals surface area contributed by atoms with E-state index in [1.165, 1.54) is 0 Å². The van der Waals surface area contributed by atoms with Crippen molar-refractivity contribution < 1.29 is 9.18 Å². The Hall–Kier alpha value is -0.400. The van der Waals surface area contributed by atoms with Gasteiger partial charge in [-0.15, -0.1) is 0 Å². The fourth-order valence-corrected chi connectivity index (χ4v) is 1.61. The van der Waals surface area contributed by atoms with Crippen molar-refractivity contribution in [1.29, 1.82) is 0 Å². The number of hydrogen-bond acceptors (Lipinski definition) is 1. The van der Waals surface area contributed by atoms with E-state index in [2.05, 4.69) is 0 Å². The van der Waals surface area contributed by atoms with Gasteiger partial charge in [-0.1, -0.05) is 13.8 Å². The van der Waals surface area contributed by atoms with Gasteiger partial charge in [-0.3, -0.25) is 4.79 Å². The molecule has 10 heavy (non-hydrogen) atoms. The molecular weight excluding hydrogens is 131 g/mol. The highest BCUT2D eigenvalue weighted by atomic mass is 19.1. The minimum atomic E-state index is -1.18. The smallest absolute Gasteiger partial charge is 0.167 e. The summed E-state index contributed by atoms with van der Waals surface area (Å²) in [5, 5.41) is 0. The van der Waals surface area contributed by atoms with Gasteiger partial charge in [-0.2, -0.15) is 0 Å². The molecule has 0 spiro atoms. The Bertz CT molecular complexity index is 144. The van der Waals surface area contributed by atoms with Gasteiger partial charge in [0.1, 0.15) is 0 Å². The highest BCUT2D eigenvalue weighted by Gasteiger charge is 2.31. The first kappa shape index (κ1) is 7.70. The molecule has 1 nitrogen and oxygen atoms in total. The van der Waals surface area contributed by atoms with Crippen molar-refractivity contribution in [2.45, 2.75) is 32.9 Å². The van der Waals surface area contributed by atoms with Crippen molar-refractivity contribution in [3.8, 4) is 0 Å². The van der Waals surface area contributed by atoms with Gasteiger partial charge < -0.3 is 0 Å². The molecule has 0 amide bonds. The molecule has 0 saturated heterocycles. The van der Waals surface area contributed by atoms with Gasteiger partial charge in [0.15, 0.2) is 12.0 Å². The second kappa shape index (κ2) is 2.69. The van der Waals surface area contributed by atoms with Crippen LogP contribution in [0, 0.1) is 11.8 Å². The topological polar surface area (TPSA) is 17.1 Å². The number of Topliss-reactive ketones (excluding diaryl/α,β-unsaturated/α-hetero) is 1. The predicted molar refractivity (Wildman–Crippen MR) is 37.5 cm³/mol. The fourth-order valence-electron chi connectivity index (χ4n) is 1.61. The summed E-state index contributed by atoms with van der Waals surface area (Å²) in [5.41, 5.74) is 0. The Morgan fingerprint density at radius 2 is 2.10 bits per heavy atom. The van der Waals surface area contributed by atoms with Gasteiger partial charge in [0, 0.05) is 6.42 Å². The lowest BCUT2D eigenvalue weighted by molar-refractivity contribution is -0.129. The molecule has 2 heteroatoms. The summed E-state index contributed by atoms with van der Waals surface area (Å²) in [6.07, 6.45) is 0.106. The molecule has 0 aromatic carbocycles. The minimum absolute atomic E-state index is 0.0590. The number of alkyl halides is 1. The molecule has 0 heterocycles. The quantitative estimate of drug-likeness (QED) is 0.508. The molecule has 1 aliphatic rings. The third kappa shape index (κ3) is 1.36. The highest BCUT2D eigenvalue weighted by Crippen LogP contribution is 2.27. The second-order valence-corrected chi connectivity index (χ2v) is 3.39. The average Bonchev–Trinajstić information content (AvgIpc) is 1.82. The van der Waals surface area contributed by atoms with Crippen LogP contribution in [-0.2, 0) is 4.79 Å². The second-order valence-electron chi connectivity index (χ2n) is 3.39. The Balaban J connectivity index is 2.57. The van der Waals surface area contributed by atoms with Crippen molar-refractivity contribution in [2.75, 3.05) is 0 Å². The van der Waals surface area contributed by atoms with E-state index in [1.54, 1.807) is 6.92 Å². The van der Waals surface area contributed by atoms with Crippen molar-refractivity contribution in [3.05, 3.63) is 0 Å². The van der Waals surface area contributed by atoms with Gasteiger partial charge in [-0.05, 0) is 18.3 Å². The molecule has 1 fully saturated rings. The lowest BCUT2D eigenvalue weighted by Crippen LogP contribution is -2.31. The minimum Gasteiger partial charge on any atom is -0.296 e. The van der Waals surface area contributed by atoms with Crippen molar-refractivity contribution in [1.82, 2.24) is 0 Å². The standard InChI is InChI=1S/C8H13FO/c1-5-3-6(2)8(9)7(10)4-5/h5-6,8H,3-4H2,1-2H3/t5-,6-,8-/m0/s1. The maximum atomic E-state index is 12.8. The molecule has 0 radical (unpaired) electrons. The molecule has 0 unspecified atom stereocenters. The van der Waals surface area contributed by atoms with Crippen LogP contribution in [0.25, 0.3) is 0 Å². The molecule has 1 rings (SSSR count). The SMILES string of the molecule is C[C@@H]1CC(=O)[C@@H](F)[C@@H](C)C1. The van der Waals surface area contributed by atoms with Crippen molar-refractivity contribution >= 4 is 5.78 Å². The summed E-state index contributed by atoms with van der Waals surface area (Å²) >= 11 is 0. The maximum absolute atomic E-state index is 12.8. The van der Waals surface area contributed by atoms with Gasteiger partial charge in [-0.25, -0.2) is 4.39 Å². The lowest BCUT2D eigenvalue weighted by atomic mass is 9.81. The molecule has 0 aromatic rings. The molecule has 0 N–H and O–H groups in total. The first-order chi connectivity index (χ1) is 4.61. The number of halogens is 1. The number of rotatable bonds is 0. The van der Waals surface area contributed by atoms with E-state index in [0.717, 1.165) is 6.42 Å². The summed E-state index contributed by atoms with van der Waals surface area (Å²) in [6, 6.07) is 0. The van der Waals surface area contributed by atoms with Crippen LogP contribution in [0.5, 0.6) is 0 Å². The number of carbonyl (C=O) groups excluding carboxylic acids is 1. The van der Waals surface area contributed by atoms with E-state index in [0.29, 0.717) is 12.3 Å². The van der Waals surface area contributed by atoms with Gasteiger partial charge in [0.2, 0.25) is 0 Å². The number of ketones is 1. The predicted octanol–water partition coefficient (Wildman–Crippen LogP) is 1.96. The summed E-state index contributed by atoms with van der Waals surface area (Å²) in [6.45, 7) is 3.80. The van der Waals surface area contributed by atoms with E-state index < -0.39 is 6.17 Å². The van der Waals surface area contributed by atoms with Crippen molar-refractivity contribution in [2.24, 2.45) is 11.8 Å². The van der Waals surface area contributed by atoms with Crippen LogP contribution in [-0.4, -0.2) is 12.0 Å². The molecule has 1 aliphatic carbocycles. The Kier molecular flexibility index (Phi) is 2.07. The summed E-state index contributed by atoms with van der Waals surface area (Å²) in [7, 11) is 0. The van der Waals surface area contributed by atoms with Crippen LogP contribution in [0.4, 0.5) is 4.39 Å². The zero-order valence-corrected chi connectivity index (χ0v) is 6.43. The van der Waals surface area contributed by atoms with Crippen LogP contribution in [0.2, 0.25) is 0 Å². The summed E-state index contributed by atoms with van der Waals surface area (Å²) < 4.78 is 12.8. The summed E-state index contributed by atoms with van der Waals surface area (Å²) in [5.74, 6) is 0.122. The third-order valence-corrected chi connectivity index (χ3v) is 2.13. The largest absolute Gasteiger partial charge is 0.296 e. The molecule has 0 aliphatic heterocycles. The first-order valence-electron chi connectivity index (χ1n) is 3.78. The molecule has 3 atom stereocenters. The molecule has 0 bridgehead atoms. The molecule has 1 saturated carbocycles. The van der Waals surface area contributed by atoms with E-state index >= 15 is 0 Å². The zero-order chi connectivity index (χ0) is 7.72. The van der Waals surface area contributed by atoms with Crippen LogP contribution in [0.1, 0.15) is 26.7 Å². The maximum Gasteiger partial charge on any atom is 0.167 e. The van der Waals surface area contributed by atoms with Gasteiger partial charge >= 0.3 is 0 Å².